The fourth-order valence-electron chi connectivity index (χ4n) is 1.87. The van der Waals surface area contributed by atoms with Gasteiger partial charge in [-0.25, -0.2) is 0 Å². The molecule has 0 spiro atoms. The summed E-state index contributed by atoms with van der Waals surface area (Å²) in [4.78, 5) is 12.2. The average Bonchev–Trinajstić information content (AvgIpc) is 2.54. The largest absolute Gasteiger partial charge is 0.493 e. The van der Waals surface area contributed by atoms with Gasteiger partial charge < -0.3 is 14.8 Å². The second-order valence-corrected chi connectivity index (χ2v) is 4.39. The monoisotopic (exact) mass is 318 g/mol. The number of benzene rings is 2. The molecule has 0 fully saturated rings. The SMILES string of the molecule is COc1cc(C(=O)Nc2cccc(C#N)c2)ccc1OC(F)F. The maximum absolute atomic E-state index is 12.3. The molecule has 0 atom stereocenters. The van der Waals surface area contributed by atoms with E-state index in [1.54, 1.807) is 18.2 Å². The topological polar surface area (TPSA) is 71.3 Å². The fourth-order valence-corrected chi connectivity index (χ4v) is 1.87. The van der Waals surface area contributed by atoms with E-state index in [0.717, 1.165) is 0 Å². The first-order valence-corrected chi connectivity index (χ1v) is 6.48. The van der Waals surface area contributed by atoms with Crippen LogP contribution in [0.4, 0.5) is 14.5 Å². The molecule has 0 unspecified atom stereocenters. The molecule has 118 valence electrons. The van der Waals surface area contributed by atoms with Crippen molar-refractivity contribution >= 4 is 11.6 Å². The van der Waals surface area contributed by atoms with Gasteiger partial charge in [0.25, 0.3) is 5.91 Å². The molecule has 1 N–H and O–H groups in total. The van der Waals surface area contributed by atoms with Crippen molar-refractivity contribution in [2.75, 3.05) is 12.4 Å². The summed E-state index contributed by atoms with van der Waals surface area (Å²) in [5, 5.41) is 11.4. The smallest absolute Gasteiger partial charge is 0.387 e. The Morgan fingerprint density at radius 2 is 2.00 bits per heavy atom. The minimum atomic E-state index is -2.99. The standard InChI is InChI=1S/C16H12F2N2O3/c1-22-14-8-11(5-6-13(14)23-16(17)18)15(21)20-12-4-2-3-10(7-12)9-19/h2-8,16H,1H3,(H,20,21). The van der Waals surface area contributed by atoms with Crippen molar-refractivity contribution in [1.82, 2.24) is 0 Å². The number of nitriles is 1. The van der Waals surface area contributed by atoms with Gasteiger partial charge in [-0.3, -0.25) is 4.79 Å². The second-order valence-electron chi connectivity index (χ2n) is 4.39. The molecule has 1 amide bonds. The van der Waals surface area contributed by atoms with Gasteiger partial charge in [0, 0.05) is 11.3 Å². The van der Waals surface area contributed by atoms with Gasteiger partial charge in [0.15, 0.2) is 11.5 Å². The Balaban J connectivity index is 2.20. The highest BCUT2D eigenvalue weighted by Gasteiger charge is 2.14. The van der Waals surface area contributed by atoms with Crippen molar-refractivity contribution in [2.45, 2.75) is 6.61 Å². The van der Waals surface area contributed by atoms with Gasteiger partial charge in [0.2, 0.25) is 0 Å². The summed E-state index contributed by atoms with van der Waals surface area (Å²) >= 11 is 0. The van der Waals surface area contributed by atoms with Crippen LogP contribution in [-0.2, 0) is 0 Å². The molecule has 0 aliphatic carbocycles. The minimum Gasteiger partial charge on any atom is -0.493 e. The van der Waals surface area contributed by atoms with Crippen LogP contribution in [0.1, 0.15) is 15.9 Å². The number of ether oxygens (including phenoxy) is 2. The summed E-state index contributed by atoms with van der Waals surface area (Å²) in [6.07, 6.45) is 0. The third kappa shape index (κ3) is 4.17. The Morgan fingerprint density at radius 1 is 1.22 bits per heavy atom. The predicted octanol–water partition coefficient (Wildman–Crippen LogP) is 3.42. The quantitative estimate of drug-likeness (QED) is 0.917. The molecule has 0 radical (unpaired) electrons. The molecule has 0 bridgehead atoms. The summed E-state index contributed by atoms with van der Waals surface area (Å²) in [6, 6.07) is 12.2. The number of rotatable bonds is 5. The zero-order chi connectivity index (χ0) is 16.8. The van der Waals surface area contributed by atoms with E-state index in [-0.39, 0.29) is 17.1 Å². The van der Waals surface area contributed by atoms with Crippen LogP contribution in [0.5, 0.6) is 11.5 Å². The summed E-state index contributed by atoms with van der Waals surface area (Å²) in [6.45, 7) is -2.99. The number of nitrogens with one attached hydrogen (secondary N) is 1. The Morgan fingerprint density at radius 3 is 2.65 bits per heavy atom. The number of carbonyl (C=O) groups is 1. The van der Waals surface area contributed by atoms with Gasteiger partial charge in [0.1, 0.15) is 0 Å². The summed E-state index contributed by atoms with van der Waals surface area (Å²) in [7, 11) is 1.28. The molecule has 5 nitrogen and oxygen atoms in total. The zero-order valence-corrected chi connectivity index (χ0v) is 12.0. The molecule has 2 aromatic rings. The number of amides is 1. The highest BCUT2D eigenvalue weighted by molar-refractivity contribution is 6.04. The summed E-state index contributed by atoms with van der Waals surface area (Å²) in [5.41, 5.74) is 1.05. The van der Waals surface area contributed by atoms with Crippen LogP contribution in [0.25, 0.3) is 0 Å². The highest BCUT2D eigenvalue weighted by Crippen LogP contribution is 2.29. The Hall–Kier alpha value is -3.14. The molecular formula is C16H12F2N2O3. The molecule has 0 saturated heterocycles. The van der Waals surface area contributed by atoms with Crippen LogP contribution in [0.15, 0.2) is 42.5 Å². The van der Waals surface area contributed by atoms with Gasteiger partial charge in [-0.15, -0.1) is 0 Å². The molecule has 0 aliphatic heterocycles. The number of anilines is 1. The van der Waals surface area contributed by atoms with E-state index in [4.69, 9.17) is 10.00 Å². The first kappa shape index (κ1) is 16.2. The third-order valence-electron chi connectivity index (χ3n) is 2.89. The van der Waals surface area contributed by atoms with Gasteiger partial charge >= 0.3 is 6.61 Å². The Bertz CT molecular complexity index is 757. The van der Waals surface area contributed by atoms with Crippen LogP contribution >= 0.6 is 0 Å². The predicted molar refractivity (Wildman–Crippen MR) is 78.7 cm³/mol. The Labute approximate surface area is 131 Å². The van der Waals surface area contributed by atoms with Crippen molar-refractivity contribution in [3.05, 3.63) is 53.6 Å². The number of methoxy groups -OCH3 is 1. The minimum absolute atomic E-state index is 0.0173. The van der Waals surface area contributed by atoms with Gasteiger partial charge in [-0.2, -0.15) is 14.0 Å². The molecular weight excluding hydrogens is 306 g/mol. The van der Waals surface area contributed by atoms with Crippen LogP contribution in [0, 0.1) is 11.3 Å². The number of nitrogens with zero attached hydrogens (tertiary/aromatic N) is 1. The number of hydrogen-bond acceptors (Lipinski definition) is 4. The first-order chi connectivity index (χ1) is 11.0. The van der Waals surface area contributed by atoms with Crippen LogP contribution in [0.2, 0.25) is 0 Å². The maximum Gasteiger partial charge on any atom is 0.387 e. The average molecular weight is 318 g/mol. The zero-order valence-electron chi connectivity index (χ0n) is 12.0. The van der Waals surface area contributed by atoms with E-state index in [2.05, 4.69) is 10.1 Å². The second kappa shape index (κ2) is 7.22. The molecule has 2 aromatic carbocycles. The lowest BCUT2D eigenvalue weighted by molar-refractivity contribution is -0.0512. The van der Waals surface area contributed by atoms with Crippen molar-refractivity contribution in [3.8, 4) is 17.6 Å². The van der Waals surface area contributed by atoms with Gasteiger partial charge in [0.05, 0.1) is 18.7 Å². The van der Waals surface area contributed by atoms with E-state index in [0.29, 0.717) is 11.3 Å². The molecule has 7 heteroatoms. The van der Waals surface area contributed by atoms with Crippen LogP contribution < -0.4 is 14.8 Å². The lowest BCUT2D eigenvalue weighted by atomic mass is 10.1. The van der Waals surface area contributed by atoms with E-state index in [1.165, 1.54) is 31.4 Å². The molecule has 23 heavy (non-hydrogen) atoms. The van der Waals surface area contributed by atoms with E-state index >= 15 is 0 Å². The van der Waals surface area contributed by atoms with Crippen molar-refractivity contribution in [3.63, 3.8) is 0 Å². The summed E-state index contributed by atoms with van der Waals surface area (Å²) in [5.74, 6) is -0.615. The lowest BCUT2D eigenvalue weighted by Gasteiger charge is -2.11. The molecule has 0 saturated carbocycles. The molecule has 2 rings (SSSR count). The number of hydrogen-bond donors (Lipinski definition) is 1. The first-order valence-electron chi connectivity index (χ1n) is 6.48. The van der Waals surface area contributed by atoms with Gasteiger partial charge in [-0.05, 0) is 36.4 Å². The lowest BCUT2D eigenvalue weighted by Crippen LogP contribution is -2.12. The van der Waals surface area contributed by atoms with E-state index in [9.17, 15) is 13.6 Å². The number of carbonyl (C=O) groups excluding carboxylic acids is 1. The maximum atomic E-state index is 12.3. The van der Waals surface area contributed by atoms with E-state index in [1.807, 2.05) is 6.07 Å². The third-order valence-corrected chi connectivity index (χ3v) is 2.89. The van der Waals surface area contributed by atoms with Crippen molar-refractivity contribution in [1.29, 1.82) is 5.26 Å². The van der Waals surface area contributed by atoms with Crippen molar-refractivity contribution < 1.29 is 23.0 Å². The van der Waals surface area contributed by atoms with Gasteiger partial charge in [-0.1, -0.05) is 6.07 Å². The fraction of sp³-hybridized carbons (Fsp3) is 0.125. The molecule has 0 aromatic heterocycles. The van der Waals surface area contributed by atoms with E-state index < -0.39 is 12.5 Å². The molecule has 0 heterocycles. The molecule has 0 aliphatic rings. The number of alkyl halides is 2. The Kier molecular flexibility index (Phi) is 5.10. The van der Waals surface area contributed by atoms with Crippen LogP contribution in [-0.4, -0.2) is 19.6 Å². The summed E-state index contributed by atoms with van der Waals surface area (Å²) < 4.78 is 33.8. The number of halogens is 2. The highest BCUT2D eigenvalue weighted by atomic mass is 19.3. The van der Waals surface area contributed by atoms with Crippen LogP contribution in [0.3, 0.4) is 0 Å². The van der Waals surface area contributed by atoms with Crippen molar-refractivity contribution in [2.24, 2.45) is 0 Å². The normalized spacial score (nSPS) is 10.0.